The second kappa shape index (κ2) is 12.3. The minimum Gasteiger partial charge on any atom is -0.354 e. The first-order valence-corrected chi connectivity index (χ1v) is 11.8. The quantitative estimate of drug-likeness (QED) is 0.420. The van der Waals surface area contributed by atoms with Gasteiger partial charge < -0.3 is 10.2 Å². The summed E-state index contributed by atoms with van der Waals surface area (Å²) in [6.07, 6.45) is 0.435. The Morgan fingerprint density at radius 2 is 1.59 bits per heavy atom. The zero-order chi connectivity index (χ0) is 24.5. The topological polar surface area (TPSA) is 49.4 Å². The first-order valence-electron chi connectivity index (χ1n) is 11.4. The lowest BCUT2D eigenvalue weighted by Crippen LogP contribution is -2.51. The summed E-state index contributed by atoms with van der Waals surface area (Å²) in [5.41, 5.74) is 2.47. The van der Waals surface area contributed by atoms with Crippen molar-refractivity contribution in [3.63, 3.8) is 0 Å². The molecule has 0 radical (unpaired) electrons. The SMILES string of the molecule is CC(C)CNC(=O)[C@H](Cc1ccccc1)N(Cc1cccc(Cl)c1)C(=O)Cc1ccc(F)cc1. The Bertz CT molecular complexity index is 1090. The van der Waals surface area contributed by atoms with E-state index in [1.807, 2.05) is 56.3 Å². The van der Waals surface area contributed by atoms with Crippen molar-refractivity contribution in [2.75, 3.05) is 6.54 Å². The summed E-state index contributed by atoms with van der Waals surface area (Å²) >= 11 is 6.19. The molecule has 0 saturated heterocycles. The Kier molecular flexibility index (Phi) is 9.23. The maximum atomic E-state index is 13.6. The number of carbonyl (C=O) groups is 2. The van der Waals surface area contributed by atoms with Crippen LogP contribution in [-0.4, -0.2) is 29.3 Å². The maximum absolute atomic E-state index is 13.6. The lowest BCUT2D eigenvalue weighted by Gasteiger charge is -2.32. The van der Waals surface area contributed by atoms with Gasteiger partial charge in [0.2, 0.25) is 11.8 Å². The maximum Gasteiger partial charge on any atom is 0.243 e. The Balaban J connectivity index is 1.94. The predicted molar refractivity (Wildman–Crippen MR) is 134 cm³/mol. The average molecular weight is 481 g/mol. The standard InChI is InChI=1S/C28H30ClFN2O2/c1-20(2)18-31-28(34)26(16-21-7-4-3-5-8-21)32(19-23-9-6-10-24(29)15-23)27(33)17-22-11-13-25(30)14-12-22/h3-15,20,26H,16-19H2,1-2H3,(H,31,34)/t26-/m0/s1. The minimum absolute atomic E-state index is 0.0591. The number of hydrogen-bond donors (Lipinski definition) is 1. The van der Waals surface area contributed by atoms with Crippen LogP contribution in [0, 0.1) is 11.7 Å². The van der Waals surface area contributed by atoms with Crippen molar-refractivity contribution in [3.8, 4) is 0 Å². The van der Waals surface area contributed by atoms with E-state index in [0.29, 0.717) is 23.6 Å². The monoisotopic (exact) mass is 480 g/mol. The lowest BCUT2D eigenvalue weighted by atomic mass is 10.0. The van der Waals surface area contributed by atoms with Crippen molar-refractivity contribution >= 4 is 23.4 Å². The molecule has 0 spiro atoms. The van der Waals surface area contributed by atoms with Crippen LogP contribution in [0.3, 0.4) is 0 Å². The number of hydrogen-bond acceptors (Lipinski definition) is 2. The highest BCUT2D eigenvalue weighted by Gasteiger charge is 2.30. The van der Waals surface area contributed by atoms with E-state index in [0.717, 1.165) is 11.1 Å². The molecule has 3 aromatic rings. The number of nitrogens with zero attached hydrogens (tertiary/aromatic N) is 1. The molecule has 3 rings (SSSR count). The van der Waals surface area contributed by atoms with Crippen molar-refractivity contribution in [2.24, 2.45) is 5.92 Å². The van der Waals surface area contributed by atoms with E-state index in [1.54, 1.807) is 29.2 Å². The predicted octanol–water partition coefficient (Wildman–Crippen LogP) is 5.43. The van der Waals surface area contributed by atoms with Gasteiger partial charge in [-0.05, 0) is 46.9 Å². The molecule has 178 valence electrons. The molecule has 0 fully saturated rings. The molecule has 0 heterocycles. The van der Waals surface area contributed by atoms with E-state index in [9.17, 15) is 14.0 Å². The van der Waals surface area contributed by atoms with E-state index in [4.69, 9.17) is 11.6 Å². The van der Waals surface area contributed by atoms with E-state index in [2.05, 4.69) is 5.32 Å². The van der Waals surface area contributed by atoms with Crippen molar-refractivity contribution in [1.29, 1.82) is 0 Å². The summed E-state index contributed by atoms with van der Waals surface area (Å²) in [6.45, 7) is 4.79. The zero-order valence-electron chi connectivity index (χ0n) is 19.5. The number of amides is 2. The fourth-order valence-corrected chi connectivity index (χ4v) is 3.90. The highest BCUT2D eigenvalue weighted by Crippen LogP contribution is 2.19. The second-order valence-electron chi connectivity index (χ2n) is 8.80. The summed E-state index contributed by atoms with van der Waals surface area (Å²) in [5.74, 6) is -0.501. The molecular formula is C28H30ClFN2O2. The van der Waals surface area contributed by atoms with Gasteiger partial charge in [-0.2, -0.15) is 0 Å². The molecular weight excluding hydrogens is 451 g/mol. The van der Waals surface area contributed by atoms with Gasteiger partial charge in [-0.1, -0.05) is 80.0 Å². The van der Waals surface area contributed by atoms with Crippen LogP contribution < -0.4 is 5.32 Å². The molecule has 6 heteroatoms. The number of benzene rings is 3. The van der Waals surface area contributed by atoms with Gasteiger partial charge >= 0.3 is 0 Å². The van der Waals surface area contributed by atoms with Crippen molar-refractivity contribution in [2.45, 2.75) is 39.3 Å². The van der Waals surface area contributed by atoms with Crippen LogP contribution in [0.25, 0.3) is 0 Å². The average Bonchev–Trinajstić information content (AvgIpc) is 2.82. The minimum atomic E-state index is -0.715. The van der Waals surface area contributed by atoms with Gasteiger partial charge in [0, 0.05) is 24.5 Å². The molecule has 2 amide bonds. The fourth-order valence-electron chi connectivity index (χ4n) is 3.69. The van der Waals surface area contributed by atoms with Crippen LogP contribution in [-0.2, 0) is 29.0 Å². The van der Waals surface area contributed by atoms with Crippen LogP contribution in [0.5, 0.6) is 0 Å². The molecule has 0 aliphatic rings. The Morgan fingerprint density at radius 1 is 0.912 bits per heavy atom. The van der Waals surface area contributed by atoms with Crippen molar-refractivity contribution < 1.29 is 14.0 Å². The Morgan fingerprint density at radius 3 is 2.24 bits per heavy atom. The normalized spacial score (nSPS) is 11.8. The van der Waals surface area contributed by atoms with Gasteiger partial charge in [0.1, 0.15) is 11.9 Å². The van der Waals surface area contributed by atoms with Crippen LogP contribution in [0.4, 0.5) is 4.39 Å². The summed E-state index contributed by atoms with van der Waals surface area (Å²) in [4.78, 5) is 28.6. The molecule has 34 heavy (non-hydrogen) atoms. The van der Waals surface area contributed by atoms with Gasteiger partial charge in [0.25, 0.3) is 0 Å². The molecule has 0 saturated carbocycles. The van der Waals surface area contributed by atoms with Crippen LogP contribution in [0.2, 0.25) is 5.02 Å². The molecule has 0 unspecified atom stereocenters. The third-order valence-corrected chi connectivity index (χ3v) is 5.70. The third-order valence-electron chi connectivity index (χ3n) is 5.47. The van der Waals surface area contributed by atoms with E-state index in [-0.39, 0.29) is 36.5 Å². The van der Waals surface area contributed by atoms with Crippen LogP contribution >= 0.6 is 11.6 Å². The first kappa shape index (κ1) is 25.4. The number of carbonyl (C=O) groups excluding carboxylic acids is 2. The molecule has 3 aromatic carbocycles. The Labute approximate surface area is 205 Å². The fraction of sp³-hybridized carbons (Fsp3) is 0.286. The van der Waals surface area contributed by atoms with Crippen LogP contribution in [0.1, 0.15) is 30.5 Å². The molecule has 4 nitrogen and oxygen atoms in total. The highest BCUT2D eigenvalue weighted by molar-refractivity contribution is 6.30. The number of halogens is 2. The summed E-state index contributed by atoms with van der Waals surface area (Å²) in [5, 5.41) is 3.56. The van der Waals surface area contributed by atoms with Gasteiger partial charge in [0.05, 0.1) is 6.42 Å². The molecule has 0 aliphatic heterocycles. The molecule has 1 atom stereocenters. The van der Waals surface area contributed by atoms with Gasteiger partial charge in [-0.3, -0.25) is 9.59 Å². The summed E-state index contributed by atoms with van der Waals surface area (Å²) < 4.78 is 13.4. The van der Waals surface area contributed by atoms with Crippen molar-refractivity contribution in [3.05, 3.63) is 106 Å². The molecule has 0 bridgehead atoms. The summed E-state index contributed by atoms with van der Waals surface area (Å²) in [7, 11) is 0. The van der Waals surface area contributed by atoms with Crippen molar-refractivity contribution in [1.82, 2.24) is 10.2 Å². The third kappa shape index (κ3) is 7.70. The molecule has 0 aromatic heterocycles. The van der Waals surface area contributed by atoms with Gasteiger partial charge in [-0.25, -0.2) is 4.39 Å². The molecule has 1 N–H and O–H groups in total. The second-order valence-corrected chi connectivity index (χ2v) is 9.24. The highest BCUT2D eigenvalue weighted by atomic mass is 35.5. The Hall–Kier alpha value is -3.18. The molecule has 0 aliphatic carbocycles. The first-order chi connectivity index (χ1) is 16.3. The van der Waals surface area contributed by atoms with E-state index >= 15 is 0 Å². The number of rotatable bonds is 10. The van der Waals surface area contributed by atoms with E-state index < -0.39 is 6.04 Å². The van der Waals surface area contributed by atoms with Crippen LogP contribution in [0.15, 0.2) is 78.9 Å². The van der Waals surface area contributed by atoms with E-state index in [1.165, 1.54) is 12.1 Å². The zero-order valence-corrected chi connectivity index (χ0v) is 20.3. The lowest BCUT2D eigenvalue weighted by molar-refractivity contribution is -0.140. The van der Waals surface area contributed by atoms with Gasteiger partial charge in [0.15, 0.2) is 0 Å². The number of nitrogens with one attached hydrogen (secondary N) is 1. The largest absolute Gasteiger partial charge is 0.354 e. The summed E-state index contributed by atoms with van der Waals surface area (Å²) in [6, 6.07) is 22.1. The smallest absolute Gasteiger partial charge is 0.243 e. The van der Waals surface area contributed by atoms with Gasteiger partial charge in [-0.15, -0.1) is 0 Å².